The Labute approximate surface area is 100 Å². The van der Waals surface area contributed by atoms with E-state index in [-0.39, 0.29) is 21.6 Å². The summed E-state index contributed by atoms with van der Waals surface area (Å²) in [6.07, 6.45) is 3.98. The Hall–Kier alpha value is -1.17. The summed E-state index contributed by atoms with van der Waals surface area (Å²) in [6, 6.07) is 7.39. The van der Waals surface area contributed by atoms with Crippen molar-refractivity contribution >= 4 is 0 Å². The number of terminal acetylenes is 1. The molecule has 1 aromatic rings. The van der Waals surface area contributed by atoms with Gasteiger partial charge in [-0.15, -0.1) is 6.42 Å². The van der Waals surface area contributed by atoms with E-state index in [9.17, 15) is 0 Å². The van der Waals surface area contributed by atoms with E-state index in [1.165, 1.54) is 0 Å². The average Bonchev–Trinajstić information content (AvgIpc) is 2.28. The van der Waals surface area contributed by atoms with Crippen LogP contribution in [0.4, 0.5) is 0 Å². The normalized spacial score (nSPS) is 10.7. The predicted molar refractivity (Wildman–Crippen MR) is 54.7 cm³/mol. The molecule has 2 nitrogen and oxygen atoms in total. The molecule has 0 aliphatic rings. The number of aliphatic hydroxyl groups excluding tert-OH is 1. The molecule has 1 N–H and O–H groups in total. The smallest absolute Gasteiger partial charge is 0.369 e. The highest BCUT2D eigenvalue weighted by Crippen LogP contribution is 2.08. The van der Waals surface area contributed by atoms with Crippen molar-refractivity contribution in [1.29, 1.82) is 0 Å². The summed E-state index contributed by atoms with van der Waals surface area (Å²) < 4.78 is 5.39. The first-order valence-corrected chi connectivity index (χ1v) is 7.22. The van der Waals surface area contributed by atoms with Gasteiger partial charge in [-0.05, 0) is 24.3 Å². The Bertz CT molecular complexity index is 406. The lowest BCUT2D eigenvalue weighted by molar-refractivity contribution is -0.837. The monoisotopic (exact) mass is 313 g/mol. The number of benzene rings is 1. The molecule has 1 aromatic carbocycles. The van der Waals surface area contributed by atoms with E-state index in [1.807, 2.05) is 29.2 Å². The maximum Gasteiger partial charge on any atom is 0.529 e. The minimum absolute atomic E-state index is 0.205. The second kappa shape index (κ2) is 6.34. The highest BCUT2D eigenvalue weighted by Gasteiger charge is 2.01. The van der Waals surface area contributed by atoms with E-state index in [4.69, 9.17) is 14.6 Å². The molecule has 1 rings (SSSR count). The van der Waals surface area contributed by atoms with Crippen LogP contribution in [0.25, 0.3) is 0 Å². The Kier molecular flexibility index (Phi) is 5.03. The Morgan fingerprint density at radius 2 is 2.07 bits per heavy atom. The van der Waals surface area contributed by atoms with Gasteiger partial charge in [-0.3, -0.25) is 3.07 Å². The van der Waals surface area contributed by atoms with Gasteiger partial charge in [0.15, 0.2) is 16.8 Å². The molecule has 0 saturated carbocycles. The third-order valence-electron chi connectivity index (χ3n) is 1.53. The SMILES string of the molecule is C#CC(O)C#Cc1ccc(O[I+]C)cc1. The minimum atomic E-state index is -0.998. The zero-order valence-electron chi connectivity index (χ0n) is 8.20. The van der Waals surface area contributed by atoms with Gasteiger partial charge in [0, 0.05) is 5.56 Å². The van der Waals surface area contributed by atoms with Crippen LogP contribution in [0.5, 0.6) is 5.75 Å². The van der Waals surface area contributed by atoms with Crippen molar-refractivity contribution in [2.45, 2.75) is 6.10 Å². The van der Waals surface area contributed by atoms with Crippen molar-refractivity contribution < 1.29 is 29.8 Å². The van der Waals surface area contributed by atoms with E-state index in [0.29, 0.717) is 0 Å². The summed E-state index contributed by atoms with van der Waals surface area (Å²) in [4.78, 5) is 2.04. The molecule has 1 unspecified atom stereocenters. The average molecular weight is 313 g/mol. The van der Waals surface area contributed by atoms with Gasteiger partial charge in [-0.1, -0.05) is 17.8 Å². The number of hydrogen-bond donors (Lipinski definition) is 1. The topological polar surface area (TPSA) is 29.5 Å². The summed E-state index contributed by atoms with van der Waals surface area (Å²) in [6.45, 7) is 0. The van der Waals surface area contributed by atoms with Crippen LogP contribution in [0, 0.1) is 24.2 Å². The number of hydrogen-bond acceptors (Lipinski definition) is 2. The molecule has 3 heteroatoms. The largest absolute Gasteiger partial charge is 0.529 e. The zero-order chi connectivity index (χ0) is 11.1. The molecule has 0 fully saturated rings. The quantitative estimate of drug-likeness (QED) is 0.391. The first-order chi connectivity index (χ1) is 7.26. The molecule has 76 valence electrons. The number of halogens is 1. The molecule has 0 aromatic heterocycles. The maximum absolute atomic E-state index is 9.03. The molecular weight excluding hydrogens is 303 g/mol. The first-order valence-electron chi connectivity index (χ1n) is 4.18. The van der Waals surface area contributed by atoms with Crippen molar-refractivity contribution in [2.75, 3.05) is 4.93 Å². The van der Waals surface area contributed by atoms with Crippen molar-refractivity contribution in [3.63, 3.8) is 0 Å². The molecule has 0 amide bonds. The van der Waals surface area contributed by atoms with Crippen LogP contribution in [-0.2, 0) is 0 Å². The lowest BCUT2D eigenvalue weighted by Crippen LogP contribution is -3.63. The van der Waals surface area contributed by atoms with Gasteiger partial charge >= 0.3 is 21.6 Å². The van der Waals surface area contributed by atoms with Gasteiger partial charge in [-0.25, -0.2) is 0 Å². The molecule has 0 radical (unpaired) electrons. The first kappa shape index (κ1) is 11.9. The van der Waals surface area contributed by atoms with Crippen molar-refractivity contribution in [1.82, 2.24) is 0 Å². The van der Waals surface area contributed by atoms with Crippen molar-refractivity contribution in [3.05, 3.63) is 29.8 Å². The molecular formula is C12H10IO2+. The Morgan fingerprint density at radius 1 is 1.40 bits per heavy atom. The molecule has 0 aliphatic heterocycles. The van der Waals surface area contributed by atoms with Crippen LogP contribution in [0.1, 0.15) is 5.56 Å². The van der Waals surface area contributed by atoms with E-state index in [0.717, 1.165) is 11.3 Å². The van der Waals surface area contributed by atoms with Crippen LogP contribution in [0.15, 0.2) is 24.3 Å². The van der Waals surface area contributed by atoms with E-state index < -0.39 is 6.10 Å². The zero-order valence-corrected chi connectivity index (χ0v) is 10.4. The Balaban J connectivity index is 2.71. The van der Waals surface area contributed by atoms with Gasteiger partial charge in [0.1, 0.15) is 0 Å². The number of rotatable bonds is 2. The van der Waals surface area contributed by atoms with Crippen LogP contribution >= 0.6 is 0 Å². The standard InChI is InChI=1S/C12H10IO2/c1-3-11(14)7-4-10-5-8-12(9-6-10)15-13-2/h1,5-6,8-9,11,14H,2H3/q+1. The second-order valence-electron chi connectivity index (χ2n) is 2.59. The van der Waals surface area contributed by atoms with Gasteiger partial charge < -0.3 is 5.11 Å². The fourth-order valence-corrected chi connectivity index (χ4v) is 1.67. The van der Waals surface area contributed by atoms with E-state index >= 15 is 0 Å². The molecule has 0 heterocycles. The van der Waals surface area contributed by atoms with E-state index in [1.54, 1.807) is 0 Å². The molecule has 1 atom stereocenters. The van der Waals surface area contributed by atoms with Gasteiger partial charge in [0.2, 0.25) is 0 Å². The Morgan fingerprint density at radius 3 is 2.60 bits per heavy atom. The highest BCUT2D eigenvalue weighted by atomic mass is 127. The summed E-state index contributed by atoms with van der Waals surface area (Å²) in [5, 5.41) is 9.03. The van der Waals surface area contributed by atoms with Gasteiger partial charge in [0.25, 0.3) is 0 Å². The summed E-state index contributed by atoms with van der Waals surface area (Å²) in [5.41, 5.74) is 0.811. The number of aliphatic hydroxyl groups is 1. The van der Waals surface area contributed by atoms with Crippen LogP contribution in [-0.4, -0.2) is 16.1 Å². The third-order valence-corrected chi connectivity index (χ3v) is 2.48. The lowest BCUT2D eigenvalue weighted by Gasteiger charge is -1.92. The fourth-order valence-electron chi connectivity index (χ4n) is 0.872. The van der Waals surface area contributed by atoms with Crippen LogP contribution in [0.2, 0.25) is 0 Å². The van der Waals surface area contributed by atoms with Crippen molar-refractivity contribution in [2.24, 2.45) is 0 Å². The third kappa shape index (κ3) is 4.24. The highest BCUT2D eigenvalue weighted by molar-refractivity contribution is 5.39. The molecule has 0 saturated heterocycles. The van der Waals surface area contributed by atoms with E-state index in [2.05, 4.69) is 17.8 Å². The van der Waals surface area contributed by atoms with Gasteiger partial charge in [0.05, 0.1) is 0 Å². The summed E-state index contributed by atoms with van der Waals surface area (Å²) >= 11 is -0.205. The molecule has 0 spiro atoms. The molecule has 0 aliphatic carbocycles. The molecule has 0 bridgehead atoms. The minimum Gasteiger partial charge on any atom is -0.369 e. The van der Waals surface area contributed by atoms with Crippen molar-refractivity contribution in [3.8, 4) is 29.9 Å². The van der Waals surface area contributed by atoms with Crippen LogP contribution in [0.3, 0.4) is 0 Å². The van der Waals surface area contributed by atoms with Gasteiger partial charge in [-0.2, -0.15) is 0 Å². The number of alkyl halides is 1. The van der Waals surface area contributed by atoms with Crippen LogP contribution < -0.4 is 24.7 Å². The maximum atomic E-state index is 9.03. The fraction of sp³-hybridized carbons (Fsp3) is 0.167. The predicted octanol–water partition coefficient (Wildman–Crippen LogP) is -1.96. The molecule has 15 heavy (non-hydrogen) atoms. The second-order valence-corrected chi connectivity index (χ2v) is 3.92. The summed E-state index contributed by atoms with van der Waals surface area (Å²) in [5.74, 6) is 8.29. The summed E-state index contributed by atoms with van der Waals surface area (Å²) in [7, 11) is 0. The lowest BCUT2D eigenvalue weighted by atomic mass is 10.2.